The summed E-state index contributed by atoms with van der Waals surface area (Å²) in [4.78, 5) is 22.2. The Labute approximate surface area is 153 Å². The first kappa shape index (κ1) is 18.0. The second kappa shape index (κ2) is 8.05. The molecule has 136 valence electrons. The lowest BCUT2D eigenvalue weighted by atomic mass is 10.2. The molecule has 1 N–H and O–H groups in total. The molecule has 0 saturated carbocycles. The Morgan fingerprint density at radius 3 is 2.81 bits per heavy atom. The summed E-state index contributed by atoms with van der Waals surface area (Å²) in [5.74, 6) is -0.392. The Hall–Kier alpha value is -3.81. The van der Waals surface area contributed by atoms with Crippen LogP contribution in [0.1, 0.15) is 11.1 Å². The lowest BCUT2D eigenvalue weighted by Gasteiger charge is -2.02. The van der Waals surface area contributed by atoms with Crippen LogP contribution in [0.15, 0.2) is 66.9 Å². The van der Waals surface area contributed by atoms with E-state index in [4.69, 9.17) is 0 Å². The summed E-state index contributed by atoms with van der Waals surface area (Å²) in [6, 6.07) is 13.8. The minimum atomic E-state index is -0.497. The summed E-state index contributed by atoms with van der Waals surface area (Å²) in [5.41, 5.74) is 1.24. The smallest absolute Gasteiger partial charge is 0.270 e. The summed E-state index contributed by atoms with van der Waals surface area (Å²) in [5, 5.41) is 17.6. The SMILES string of the molecule is O=C(/C=C/c1cccc([N+](=O)[O-])c1)Nc1ccn(Cc2cccc(F)c2)n1. The summed E-state index contributed by atoms with van der Waals surface area (Å²) >= 11 is 0. The quantitative estimate of drug-likeness (QED) is 0.410. The Morgan fingerprint density at radius 2 is 2.04 bits per heavy atom. The third-order valence-electron chi connectivity index (χ3n) is 3.63. The van der Waals surface area contributed by atoms with Gasteiger partial charge in [-0.15, -0.1) is 0 Å². The number of nitro benzene ring substituents is 1. The van der Waals surface area contributed by atoms with E-state index >= 15 is 0 Å². The monoisotopic (exact) mass is 366 g/mol. The fourth-order valence-electron chi connectivity index (χ4n) is 2.42. The molecule has 1 aromatic heterocycles. The third-order valence-corrected chi connectivity index (χ3v) is 3.63. The topological polar surface area (TPSA) is 90.1 Å². The maximum Gasteiger partial charge on any atom is 0.270 e. The van der Waals surface area contributed by atoms with Gasteiger partial charge in [-0.05, 0) is 29.3 Å². The molecule has 27 heavy (non-hydrogen) atoms. The molecular weight excluding hydrogens is 351 g/mol. The van der Waals surface area contributed by atoms with Gasteiger partial charge in [0.05, 0.1) is 11.5 Å². The van der Waals surface area contributed by atoms with E-state index in [9.17, 15) is 19.3 Å². The zero-order valence-electron chi connectivity index (χ0n) is 14.1. The lowest BCUT2D eigenvalue weighted by molar-refractivity contribution is -0.384. The average Bonchev–Trinajstić information content (AvgIpc) is 3.07. The van der Waals surface area contributed by atoms with Gasteiger partial charge in [0.1, 0.15) is 5.82 Å². The molecule has 0 saturated heterocycles. The number of nitrogens with zero attached hydrogens (tertiary/aromatic N) is 3. The van der Waals surface area contributed by atoms with E-state index in [-0.39, 0.29) is 11.5 Å². The van der Waals surface area contributed by atoms with Crippen molar-refractivity contribution in [3.05, 3.63) is 93.9 Å². The van der Waals surface area contributed by atoms with E-state index in [1.54, 1.807) is 41.2 Å². The van der Waals surface area contributed by atoms with Crippen LogP contribution in [-0.2, 0) is 11.3 Å². The van der Waals surface area contributed by atoms with Gasteiger partial charge in [-0.25, -0.2) is 4.39 Å². The number of halogens is 1. The van der Waals surface area contributed by atoms with Crippen LogP contribution in [0.3, 0.4) is 0 Å². The molecule has 0 atom stereocenters. The molecule has 3 aromatic rings. The molecule has 0 aliphatic heterocycles. The molecule has 0 spiro atoms. The summed E-state index contributed by atoms with van der Waals surface area (Å²) in [6.45, 7) is 0.372. The van der Waals surface area contributed by atoms with Crippen molar-refractivity contribution in [1.82, 2.24) is 9.78 Å². The van der Waals surface area contributed by atoms with Crippen molar-refractivity contribution >= 4 is 23.5 Å². The zero-order valence-corrected chi connectivity index (χ0v) is 14.1. The molecule has 0 bridgehead atoms. The van der Waals surface area contributed by atoms with Crippen LogP contribution < -0.4 is 5.32 Å². The first-order valence-corrected chi connectivity index (χ1v) is 8.01. The van der Waals surface area contributed by atoms with Gasteiger partial charge in [-0.3, -0.25) is 19.6 Å². The van der Waals surface area contributed by atoms with Gasteiger partial charge in [-0.1, -0.05) is 24.3 Å². The standard InChI is InChI=1S/C19H15FN4O3/c20-16-5-1-4-15(11-16)13-23-10-9-18(22-23)21-19(25)8-7-14-3-2-6-17(12-14)24(26)27/h1-12H,13H2,(H,21,22,25)/b8-7+. The molecule has 2 aromatic carbocycles. The first-order chi connectivity index (χ1) is 13.0. The maximum absolute atomic E-state index is 13.2. The average molecular weight is 366 g/mol. The number of non-ortho nitro benzene ring substituents is 1. The van der Waals surface area contributed by atoms with Gasteiger partial charge < -0.3 is 5.32 Å². The largest absolute Gasteiger partial charge is 0.306 e. The molecule has 1 heterocycles. The molecule has 0 aliphatic rings. The van der Waals surface area contributed by atoms with E-state index in [1.807, 2.05) is 0 Å². The van der Waals surface area contributed by atoms with Gasteiger partial charge in [0.2, 0.25) is 5.91 Å². The Morgan fingerprint density at radius 1 is 1.22 bits per heavy atom. The Bertz CT molecular complexity index is 1010. The number of anilines is 1. The molecule has 0 aliphatic carbocycles. The summed E-state index contributed by atoms with van der Waals surface area (Å²) in [7, 11) is 0. The van der Waals surface area contributed by atoms with E-state index < -0.39 is 10.8 Å². The van der Waals surface area contributed by atoms with Crippen LogP contribution in [0.25, 0.3) is 6.08 Å². The van der Waals surface area contributed by atoms with Gasteiger partial charge >= 0.3 is 0 Å². The minimum absolute atomic E-state index is 0.0475. The molecule has 3 rings (SSSR count). The van der Waals surface area contributed by atoms with Gasteiger partial charge in [-0.2, -0.15) is 5.10 Å². The van der Waals surface area contributed by atoms with E-state index in [0.29, 0.717) is 17.9 Å². The first-order valence-electron chi connectivity index (χ1n) is 8.01. The number of hydrogen-bond acceptors (Lipinski definition) is 4. The van der Waals surface area contributed by atoms with Crippen molar-refractivity contribution in [2.75, 3.05) is 5.32 Å². The number of nitro groups is 1. The number of hydrogen-bond donors (Lipinski definition) is 1. The number of amides is 1. The van der Waals surface area contributed by atoms with Crippen LogP contribution in [-0.4, -0.2) is 20.6 Å². The zero-order chi connectivity index (χ0) is 19.2. The van der Waals surface area contributed by atoms with E-state index in [0.717, 1.165) is 5.56 Å². The summed E-state index contributed by atoms with van der Waals surface area (Å²) in [6.07, 6.45) is 4.42. The van der Waals surface area contributed by atoms with Crippen molar-refractivity contribution in [3.8, 4) is 0 Å². The van der Waals surface area contributed by atoms with Crippen LogP contribution >= 0.6 is 0 Å². The van der Waals surface area contributed by atoms with Crippen molar-refractivity contribution in [1.29, 1.82) is 0 Å². The molecule has 0 radical (unpaired) electrons. The van der Waals surface area contributed by atoms with Crippen LogP contribution in [0.5, 0.6) is 0 Å². The highest BCUT2D eigenvalue weighted by molar-refractivity contribution is 6.01. The Kier molecular flexibility index (Phi) is 5.36. The number of rotatable bonds is 6. The maximum atomic E-state index is 13.2. The van der Waals surface area contributed by atoms with Crippen molar-refractivity contribution in [2.45, 2.75) is 6.54 Å². The van der Waals surface area contributed by atoms with Crippen molar-refractivity contribution in [3.63, 3.8) is 0 Å². The highest BCUT2D eigenvalue weighted by Crippen LogP contribution is 2.14. The fourth-order valence-corrected chi connectivity index (χ4v) is 2.42. The van der Waals surface area contributed by atoms with Crippen LogP contribution in [0.4, 0.5) is 15.9 Å². The third kappa shape index (κ3) is 5.08. The van der Waals surface area contributed by atoms with E-state index in [1.165, 1.54) is 36.4 Å². The molecule has 0 fully saturated rings. The number of carbonyl (C=O) groups is 1. The second-order valence-electron chi connectivity index (χ2n) is 5.70. The molecule has 0 unspecified atom stereocenters. The van der Waals surface area contributed by atoms with Crippen molar-refractivity contribution in [2.24, 2.45) is 0 Å². The minimum Gasteiger partial charge on any atom is -0.306 e. The van der Waals surface area contributed by atoms with Gasteiger partial charge in [0.15, 0.2) is 5.82 Å². The van der Waals surface area contributed by atoms with E-state index in [2.05, 4.69) is 10.4 Å². The number of aromatic nitrogens is 2. The summed E-state index contributed by atoms with van der Waals surface area (Å²) < 4.78 is 14.8. The predicted molar refractivity (Wildman–Crippen MR) is 98.5 cm³/mol. The predicted octanol–water partition coefficient (Wildman–Crippen LogP) is 3.63. The van der Waals surface area contributed by atoms with Gasteiger partial charge in [0.25, 0.3) is 5.69 Å². The van der Waals surface area contributed by atoms with Crippen molar-refractivity contribution < 1.29 is 14.1 Å². The highest BCUT2D eigenvalue weighted by Gasteiger charge is 2.06. The lowest BCUT2D eigenvalue weighted by Crippen LogP contribution is -2.09. The fraction of sp³-hybridized carbons (Fsp3) is 0.0526. The normalized spacial score (nSPS) is 10.9. The van der Waals surface area contributed by atoms with Crippen LogP contribution in [0.2, 0.25) is 0 Å². The van der Waals surface area contributed by atoms with Crippen LogP contribution in [0, 0.1) is 15.9 Å². The highest BCUT2D eigenvalue weighted by atomic mass is 19.1. The molecule has 1 amide bonds. The Balaban J connectivity index is 1.60. The van der Waals surface area contributed by atoms with Gasteiger partial charge in [0, 0.05) is 30.5 Å². The number of nitrogens with one attached hydrogen (secondary N) is 1. The number of carbonyl (C=O) groups excluding carboxylic acids is 1. The molecule has 8 heteroatoms. The molecular formula is C19H15FN4O3. The molecule has 7 nitrogen and oxygen atoms in total. The second-order valence-corrected chi connectivity index (χ2v) is 5.70. The number of benzene rings is 2.